The van der Waals surface area contributed by atoms with Crippen molar-refractivity contribution in [2.24, 2.45) is 0 Å². The number of benzene rings is 5. The molecule has 1 heterocycles. The Bertz CT molecular complexity index is 1520. The Morgan fingerprint density at radius 3 is 1.74 bits per heavy atom. The molecule has 0 atom stereocenters. The number of para-hydroxylation sites is 1. The summed E-state index contributed by atoms with van der Waals surface area (Å²) in [4.78, 5) is 2.33. The van der Waals surface area contributed by atoms with Crippen molar-refractivity contribution in [3.05, 3.63) is 126 Å². The van der Waals surface area contributed by atoms with Crippen LogP contribution in [0.1, 0.15) is 16.7 Å². The van der Waals surface area contributed by atoms with Gasteiger partial charge in [-0.25, -0.2) is 0 Å². The minimum Gasteiger partial charge on any atom is -0.370 e. The molecule has 0 saturated carbocycles. The summed E-state index contributed by atoms with van der Waals surface area (Å²) in [5.74, 6) is 0. The maximum Gasteiger partial charge on any atom is 0.0440 e. The molecular formula is C33H27N. The summed E-state index contributed by atoms with van der Waals surface area (Å²) in [5, 5.41) is 2.54. The first kappa shape index (κ1) is 20.5. The summed E-state index contributed by atoms with van der Waals surface area (Å²) < 4.78 is 0. The van der Waals surface area contributed by atoms with E-state index >= 15 is 0 Å². The van der Waals surface area contributed by atoms with Gasteiger partial charge in [-0.1, -0.05) is 96.6 Å². The molecule has 1 aliphatic heterocycles. The molecule has 0 fully saturated rings. The lowest BCUT2D eigenvalue weighted by molar-refractivity contribution is 1.03. The molecule has 0 N–H and O–H groups in total. The van der Waals surface area contributed by atoms with Crippen molar-refractivity contribution in [3.63, 3.8) is 0 Å². The molecule has 0 aromatic heterocycles. The molecule has 0 radical (unpaired) electrons. The van der Waals surface area contributed by atoms with Crippen LogP contribution in [0.2, 0.25) is 0 Å². The maximum atomic E-state index is 2.33. The van der Waals surface area contributed by atoms with Gasteiger partial charge in [0, 0.05) is 19.3 Å². The zero-order valence-electron chi connectivity index (χ0n) is 19.6. The second-order valence-corrected chi connectivity index (χ2v) is 9.30. The van der Waals surface area contributed by atoms with Gasteiger partial charge in [0.25, 0.3) is 0 Å². The lowest BCUT2D eigenvalue weighted by Crippen LogP contribution is -2.23. The Kier molecular flexibility index (Phi) is 5.04. The Labute approximate surface area is 201 Å². The van der Waals surface area contributed by atoms with Gasteiger partial charge in [-0.3, -0.25) is 0 Å². The van der Waals surface area contributed by atoms with Crippen LogP contribution in [-0.4, -0.2) is 13.6 Å². The molecule has 0 spiro atoms. The van der Waals surface area contributed by atoms with E-state index < -0.39 is 0 Å². The Hall–Kier alpha value is -4.10. The SMILES string of the molecule is Cc1ccc(-c2ccc3cc(-c4ccc(C5=Cc6ccccc6N(C)C5)cc4)ccc3c2)cc1. The van der Waals surface area contributed by atoms with Crippen molar-refractivity contribution in [2.75, 3.05) is 18.5 Å². The number of aryl methyl sites for hydroxylation is 1. The van der Waals surface area contributed by atoms with E-state index in [0.717, 1.165) is 6.54 Å². The van der Waals surface area contributed by atoms with Crippen molar-refractivity contribution in [1.29, 1.82) is 0 Å². The molecule has 0 saturated heterocycles. The van der Waals surface area contributed by atoms with Gasteiger partial charge in [-0.15, -0.1) is 0 Å². The van der Waals surface area contributed by atoms with Crippen LogP contribution in [0.4, 0.5) is 5.69 Å². The fourth-order valence-corrected chi connectivity index (χ4v) is 4.93. The van der Waals surface area contributed by atoms with Crippen LogP contribution in [0.3, 0.4) is 0 Å². The third-order valence-electron chi connectivity index (χ3n) is 6.90. The summed E-state index contributed by atoms with van der Waals surface area (Å²) in [6, 6.07) is 39.9. The van der Waals surface area contributed by atoms with Crippen molar-refractivity contribution in [1.82, 2.24) is 0 Å². The van der Waals surface area contributed by atoms with E-state index in [2.05, 4.69) is 134 Å². The minimum absolute atomic E-state index is 0.926. The molecule has 0 bridgehead atoms. The van der Waals surface area contributed by atoms with E-state index in [-0.39, 0.29) is 0 Å². The van der Waals surface area contributed by atoms with E-state index in [4.69, 9.17) is 0 Å². The second kappa shape index (κ2) is 8.35. The highest BCUT2D eigenvalue weighted by molar-refractivity contribution is 5.93. The zero-order valence-corrected chi connectivity index (χ0v) is 19.6. The average molecular weight is 438 g/mol. The largest absolute Gasteiger partial charge is 0.370 e. The molecule has 164 valence electrons. The highest BCUT2D eigenvalue weighted by atomic mass is 15.1. The van der Waals surface area contributed by atoms with Gasteiger partial charge < -0.3 is 4.90 Å². The van der Waals surface area contributed by atoms with Crippen LogP contribution < -0.4 is 4.90 Å². The first-order valence-electron chi connectivity index (χ1n) is 11.9. The van der Waals surface area contributed by atoms with Gasteiger partial charge >= 0.3 is 0 Å². The van der Waals surface area contributed by atoms with Crippen LogP contribution in [-0.2, 0) is 0 Å². The van der Waals surface area contributed by atoms with Crippen molar-refractivity contribution >= 4 is 28.1 Å². The Morgan fingerprint density at radius 2 is 1.09 bits per heavy atom. The molecule has 0 amide bonds. The van der Waals surface area contributed by atoms with Gasteiger partial charge in [0.05, 0.1) is 0 Å². The molecule has 0 aliphatic carbocycles. The third-order valence-corrected chi connectivity index (χ3v) is 6.90. The molecule has 6 rings (SSSR count). The molecule has 1 nitrogen and oxygen atoms in total. The monoisotopic (exact) mass is 437 g/mol. The smallest absolute Gasteiger partial charge is 0.0440 e. The number of likely N-dealkylation sites (N-methyl/N-ethyl adjacent to an activating group) is 1. The van der Waals surface area contributed by atoms with Gasteiger partial charge in [0.2, 0.25) is 0 Å². The van der Waals surface area contributed by atoms with E-state index in [1.54, 1.807) is 0 Å². The summed E-state index contributed by atoms with van der Waals surface area (Å²) >= 11 is 0. The predicted octanol–water partition coefficient (Wildman–Crippen LogP) is 8.47. The second-order valence-electron chi connectivity index (χ2n) is 9.30. The first-order chi connectivity index (χ1) is 16.6. The van der Waals surface area contributed by atoms with E-state index in [1.807, 2.05) is 0 Å². The van der Waals surface area contributed by atoms with Crippen molar-refractivity contribution in [2.45, 2.75) is 6.92 Å². The van der Waals surface area contributed by atoms with Crippen LogP contribution in [0.5, 0.6) is 0 Å². The highest BCUT2D eigenvalue weighted by Gasteiger charge is 2.15. The molecule has 0 unspecified atom stereocenters. The van der Waals surface area contributed by atoms with Gasteiger partial charge in [-0.2, -0.15) is 0 Å². The van der Waals surface area contributed by atoms with Crippen molar-refractivity contribution < 1.29 is 0 Å². The van der Waals surface area contributed by atoms with Gasteiger partial charge in [0.1, 0.15) is 0 Å². The minimum atomic E-state index is 0.926. The topological polar surface area (TPSA) is 3.24 Å². The number of hydrogen-bond donors (Lipinski definition) is 0. The normalized spacial score (nSPS) is 13.0. The molecular weight excluding hydrogens is 410 g/mol. The molecule has 1 aliphatic rings. The maximum absolute atomic E-state index is 2.33. The summed E-state index contributed by atoms with van der Waals surface area (Å²) in [5.41, 5.74) is 11.5. The van der Waals surface area contributed by atoms with Crippen LogP contribution in [0, 0.1) is 6.92 Å². The first-order valence-corrected chi connectivity index (χ1v) is 11.9. The van der Waals surface area contributed by atoms with E-state index in [9.17, 15) is 0 Å². The lowest BCUT2D eigenvalue weighted by atomic mass is 9.94. The summed E-state index contributed by atoms with van der Waals surface area (Å²) in [6.07, 6.45) is 2.33. The number of hydrogen-bond acceptors (Lipinski definition) is 1. The van der Waals surface area contributed by atoms with Crippen LogP contribution in [0.25, 0.3) is 44.7 Å². The fraction of sp³-hybridized carbons (Fsp3) is 0.0909. The molecule has 5 aromatic carbocycles. The number of fused-ring (bicyclic) bond motifs is 2. The summed E-state index contributed by atoms with van der Waals surface area (Å²) in [7, 11) is 2.17. The van der Waals surface area contributed by atoms with Crippen LogP contribution in [0.15, 0.2) is 109 Å². The average Bonchev–Trinajstić information content (AvgIpc) is 2.89. The quantitative estimate of drug-likeness (QED) is 0.274. The third kappa shape index (κ3) is 3.80. The molecule has 34 heavy (non-hydrogen) atoms. The Balaban J connectivity index is 1.29. The number of rotatable bonds is 3. The molecule has 5 aromatic rings. The Morgan fingerprint density at radius 1 is 0.559 bits per heavy atom. The number of nitrogens with zero attached hydrogens (tertiary/aromatic N) is 1. The van der Waals surface area contributed by atoms with Crippen molar-refractivity contribution in [3.8, 4) is 22.3 Å². The standard InChI is InChI=1S/C33H27N/c1-23-7-9-24(10-8-23)27-15-17-30-20-28(16-18-29(30)19-27)25-11-13-26(14-12-25)32-21-31-5-3-4-6-33(31)34(2)22-32/h3-21H,22H2,1-2H3. The van der Waals surface area contributed by atoms with Gasteiger partial charge in [-0.05, 0) is 80.9 Å². The van der Waals surface area contributed by atoms with E-state index in [1.165, 1.54) is 61.0 Å². The predicted molar refractivity (Wildman–Crippen MR) is 147 cm³/mol. The fourth-order valence-electron chi connectivity index (χ4n) is 4.93. The number of anilines is 1. The highest BCUT2D eigenvalue weighted by Crippen LogP contribution is 2.33. The van der Waals surface area contributed by atoms with Crippen LogP contribution >= 0.6 is 0 Å². The lowest BCUT2D eigenvalue weighted by Gasteiger charge is -2.28. The summed E-state index contributed by atoms with van der Waals surface area (Å²) in [6.45, 7) is 3.05. The van der Waals surface area contributed by atoms with E-state index in [0.29, 0.717) is 0 Å². The molecule has 1 heteroatoms. The van der Waals surface area contributed by atoms with Gasteiger partial charge in [0.15, 0.2) is 0 Å². The zero-order chi connectivity index (χ0) is 23.1.